The molecule has 1 unspecified atom stereocenters. The second kappa shape index (κ2) is 5.30. The molecule has 0 saturated carbocycles. The maximum Gasteiger partial charge on any atom is 0.222 e. The summed E-state index contributed by atoms with van der Waals surface area (Å²) in [5.74, 6) is -0.127. The van der Waals surface area contributed by atoms with E-state index in [0.717, 1.165) is 12.6 Å². The molecule has 2 rings (SSSR count). The molecule has 0 amide bonds. The van der Waals surface area contributed by atoms with Crippen LogP contribution < -0.4 is 10.6 Å². The summed E-state index contributed by atoms with van der Waals surface area (Å²) in [4.78, 5) is 10.6. The zero-order valence-corrected chi connectivity index (χ0v) is 11.1. The smallest absolute Gasteiger partial charge is 0.222 e. The van der Waals surface area contributed by atoms with Crippen LogP contribution in [0.4, 0.5) is 16.2 Å². The number of rotatable bonds is 4. The van der Waals surface area contributed by atoms with Crippen LogP contribution in [-0.4, -0.2) is 23.1 Å². The van der Waals surface area contributed by atoms with Crippen LogP contribution in [0, 0.1) is 5.82 Å². The summed E-state index contributed by atoms with van der Waals surface area (Å²) in [6, 6.07) is 4.21. The van der Waals surface area contributed by atoms with Crippen molar-refractivity contribution in [2.45, 2.75) is 19.4 Å². The van der Waals surface area contributed by atoms with Gasteiger partial charge in [-0.25, -0.2) is 9.37 Å². The quantitative estimate of drug-likeness (QED) is 0.922. The Balaban J connectivity index is 2.14. The molecule has 0 bridgehead atoms. The van der Waals surface area contributed by atoms with E-state index in [1.807, 2.05) is 25.4 Å². The van der Waals surface area contributed by atoms with Crippen LogP contribution in [0.5, 0.6) is 0 Å². The van der Waals surface area contributed by atoms with Gasteiger partial charge in [-0.2, -0.15) is 4.98 Å². The lowest BCUT2D eigenvalue weighted by Crippen LogP contribution is -2.32. The van der Waals surface area contributed by atoms with E-state index in [0.29, 0.717) is 0 Å². The number of halogens is 1. The van der Waals surface area contributed by atoms with Gasteiger partial charge in [0.2, 0.25) is 5.95 Å². The summed E-state index contributed by atoms with van der Waals surface area (Å²) in [5, 5.41) is 2.03. The molecular weight excluding hydrogens is 251 g/mol. The van der Waals surface area contributed by atoms with E-state index in [4.69, 9.17) is 5.73 Å². The van der Waals surface area contributed by atoms with Crippen molar-refractivity contribution in [2.24, 2.45) is 0 Å². The summed E-state index contributed by atoms with van der Waals surface area (Å²) >= 11 is 1.69. The molecular formula is C12H15FN4S. The molecule has 2 heterocycles. The van der Waals surface area contributed by atoms with E-state index in [1.165, 1.54) is 4.88 Å². The predicted molar refractivity (Wildman–Crippen MR) is 72.3 cm³/mol. The van der Waals surface area contributed by atoms with Crippen molar-refractivity contribution in [1.29, 1.82) is 0 Å². The fourth-order valence-corrected chi connectivity index (χ4v) is 2.51. The van der Waals surface area contributed by atoms with E-state index in [1.54, 1.807) is 16.2 Å². The molecule has 0 aliphatic rings. The van der Waals surface area contributed by atoms with Gasteiger partial charge in [0, 0.05) is 24.4 Å². The maximum absolute atomic E-state index is 13.6. The standard InChI is InChI=1S/C12H15FN4S/c1-8(6-9-4-3-5-18-9)17(2)11-10(13)7-15-12(14)16-11/h3-5,7-8H,6H2,1-2H3,(H2,14,15,16). The van der Waals surface area contributed by atoms with Crippen LogP contribution >= 0.6 is 11.3 Å². The third kappa shape index (κ3) is 2.76. The van der Waals surface area contributed by atoms with Gasteiger partial charge in [0.15, 0.2) is 11.6 Å². The molecule has 0 aliphatic heterocycles. The second-order valence-electron chi connectivity index (χ2n) is 4.14. The van der Waals surface area contributed by atoms with Gasteiger partial charge < -0.3 is 10.6 Å². The molecule has 0 aromatic carbocycles. The fourth-order valence-electron chi connectivity index (χ4n) is 1.68. The Hall–Kier alpha value is -1.69. The first kappa shape index (κ1) is 12.8. The van der Waals surface area contributed by atoms with Gasteiger partial charge in [-0.3, -0.25) is 0 Å². The molecule has 6 heteroatoms. The van der Waals surface area contributed by atoms with Crippen LogP contribution in [0.3, 0.4) is 0 Å². The Morgan fingerprint density at radius 1 is 1.56 bits per heavy atom. The highest BCUT2D eigenvalue weighted by atomic mass is 32.1. The highest BCUT2D eigenvalue weighted by Crippen LogP contribution is 2.20. The first-order valence-electron chi connectivity index (χ1n) is 5.61. The highest BCUT2D eigenvalue weighted by molar-refractivity contribution is 7.09. The van der Waals surface area contributed by atoms with Crippen LogP contribution in [0.2, 0.25) is 0 Å². The number of hydrogen-bond acceptors (Lipinski definition) is 5. The molecule has 2 N–H and O–H groups in total. The number of nitrogens with zero attached hydrogens (tertiary/aromatic N) is 3. The Morgan fingerprint density at radius 3 is 3.00 bits per heavy atom. The average molecular weight is 266 g/mol. The average Bonchev–Trinajstić information content (AvgIpc) is 2.84. The summed E-state index contributed by atoms with van der Waals surface area (Å²) in [6.45, 7) is 2.03. The van der Waals surface area contributed by atoms with Gasteiger partial charge in [0.05, 0.1) is 6.20 Å². The monoisotopic (exact) mass is 266 g/mol. The number of nitrogens with two attached hydrogens (primary N) is 1. The zero-order valence-electron chi connectivity index (χ0n) is 10.3. The molecule has 0 fully saturated rings. The first-order valence-corrected chi connectivity index (χ1v) is 6.49. The van der Waals surface area contributed by atoms with E-state index >= 15 is 0 Å². The fraction of sp³-hybridized carbons (Fsp3) is 0.333. The van der Waals surface area contributed by atoms with Crippen molar-refractivity contribution in [3.8, 4) is 0 Å². The maximum atomic E-state index is 13.6. The van der Waals surface area contributed by atoms with Gasteiger partial charge in [-0.1, -0.05) is 6.07 Å². The predicted octanol–water partition coefficient (Wildman–Crippen LogP) is 2.33. The lowest BCUT2D eigenvalue weighted by molar-refractivity contribution is 0.590. The summed E-state index contributed by atoms with van der Waals surface area (Å²) in [7, 11) is 1.81. The molecule has 0 saturated heterocycles. The molecule has 0 aliphatic carbocycles. The topological polar surface area (TPSA) is 55.0 Å². The molecule has 2 aromatic rings. The number of hydrogen-bond donors (Lipinski definition) is 1. The van der Waals surface area contributed by atoms with Crippen molar-refractivity contribution >= 4 is 23.1 Å². The minimum absolute atomic E-state index is 0.0848. The number of aromatic nitrogens is 2. The Kier molecular flexibility index (Phi) is 3.76. The van der Waals surface area contributed by atoms with E-state index in [2.05, 4.69) is 16.0 Å². The molecule has 0 spiro atoms. The van der Waals surface area contributed by atoms with Gasteiger partial charge in [0.25, 0.3) is 0 Å². The van der Waals surface area contributed by atoms with Gasteiger partial charge >= 0.3 is 0 Å². The molecule has 96 valence electrons. The van der Waals surface area contributed by atoms with Gasteiger partial charge in [0.1, 0.15) is 0 Å². The van der Waals surface area contributed by atoms with Crippen molar-refractivity contribution in [3.05, 3.63) is 34.4 Å². The molecule has 1 atom stereocenters. The van der Waals surface area contributed by atoms with Crippen LogP contribution in [0.1, 0.15) is 11.8 Å². The van der Waals surface area contributed by atoms with E-state index in [-0.39, 0.29) is 17.8 Å². The second-order valence-corrected chi connectivity index (χ2v) is 5.18. The largest absolute Gasteiger partial charge is 0.368 e. The van der Waals surface area contributed by atoms with Crippen molar-refractivity contribution in [1.82, 2.24) is 9.97 Å². The zero-order chi connectivity index (χ0) is 13.1. The minimum Gasteiger partial charge on any atom is -0.368 e. The highest BCUT2D eigenvalue weighted by Gasteiger charge is 2.17. The molecule has 2 aromatic heterocycles. The van der Waals surface area contributed by atoms with Crippen LogP contribution in [0.15, 0.2) is 23.7 Å². The van der Waals surface area contributed by atoms with Crippen molar-refractivity contribution in [3.63, 3.8) is 0 Å². The van der Waals surface area contributed by atoms with Gasteiger partial charge in [-0.05, 0) is 18.4 Å². The van der Waals surface area contributed by atoms with E-state index in [9.17, 15) is 4.39 Å². The third-order valence-electron chi connectivity index (χ3n) is 2.82. The first-order chi connectivity index (χ1) is 8.58. The van der Waals surface area contributed by atoms with Crippen LogP contribution in [-0.2, 0) is 6.42 Å². The van der Waals surface area contributed by atoms with Crippen molar-refractivity contribution < 1.29 is 4.39 Å². The number of likely N-dealkylation sites (N-methyl/N-ethyl adjacent to an activating group) is 1. The lowest BCUT2D eigenvalue weighted by atomic mass is 10.2. The molecule has 4 nitrogen and oxygen atoms in total. The third-order valence-corrected chi connectivity index (χ3v) is 3.71. The lowest BCUT2D eigenvalue weighted by Gasteiger charge is -2.25. The van der Waals surface area contributed by atoms with Crippen LogP contribution in [0.25, 0.3) is 0 Å². The van der Waals surface area contributed by atoms with Crippen molar-refractivity contribution in [2.75, 3.05) is 17.7 Å². The van der Waals surface area contributed by atoms with E-state index < -0.39 is 5.82 Å². The Bertz CT molecular complexity index is 515. The normalized spacial score (nSPS) is 12.4. The van der Waals surface area contributed by atoms with Gasteiger partial charge in [-0.15, -0.1) is 11.3 Å². The Labute approximate surface area is 109 Å². The number of anilines is 2. The summed E-state index contributed by atoms with van der Waals surface area (Å²) in [5.41, 5.74) is 5.49. The Morgan fingerprint density at radius 2 is 2.33 bits per heavy atom. The molecule has 18 heavy (non-hydrogen) atoms. The minimum atomic E-state index is -0.454. The number of thiophene rings is 1. The SMILES string of the molecule is CC(Cc1cccs1)N(C)c1nc(N)ncc1F. The molecule has 0 radical (unpaired) electrons. The number of nitrogen functional groups attached to an aromatic ring is 1. The summed E-state index contributed by atoms with van der Waals surface area (Å²) < 4.78 is 13.6. The summed E-state index contributed by atoms with van der Waals surface area (Å²) in [6.07, 6.45) is 1.95.